The zero-order valence-corrected chi connectivity index (χ0v) is 19.8. The van der Waals surface area contributed by atoms with E-state index in [0.717, 1.165) is 17.7 Å². The molecule has 0 saturated carbocycles. The van der Waals surface area contributed by atoms with Gasteiger partial charge in [-0.15, -0.1) is 0 Å². The summed E-state index contributed by atoms with van der Waals surface area (Å²) in [4.78, 5) is 32.0. The number of carbonyl (C=O) groups excluding carboxylic acids is 1. The van der Waals surface area contributed by atoms with Gasteiger partial charge >= 0.3 is 0 Å². The van der Waals surface area contributed by atoms with Crippen molar-refractivity contribution in [2.24, 2.45) is 10.7 Å². The van der Waals surface area contributed by atoms with Crippen LogP contribution in [0, 0.1) is 11.6 Å². The van der Waals surface area contributed by atoms with Crippen LogP contribution in [0.15, 0.2) is 64.5 Å². The number of carbonyl (C=O) groups is 1. The third kappa shape index (κ3) is 4.36. The predicted molar refractivity (Wildman–Crippen MR) is 129 cm³/mol. The zero-order valence-electron chi connectivity index (χ0n) is 19.8. The van der Waals surface area contributed by atoms with Crippen LogP contribution >= 0.6 is 0 Å². The summed E-state index contributed by atoms with van der Waals surface area (Å²) in [5, 5.41) is 10.8. The topological polar surface area (TPSA) is 119 Å². The lowest BCUT2D eigenvalue weighted by Crippen LogP contribution is -2.51. The van der Waals surface area contributed by atoms with Gasteiger partial charge < -0.3 is 29.8 Å². The normalized spacial score (nSPS) is 21.2. The molecule has 3 N–H and O–H groups in total. The van der Waals surface area contributed by atoms with Crippen LogP contribution in [0.25, 0.3) is 0 Å². The van der Waals surface area contributed by atoms with Crippen LogP contribution < -0.4 is 11.2 Å². The molecule has 3 atom stereocenters. The Hall–Kier alpha value is -4.09. The van der Waals surface area contributed by atoms with Gasteiger partial charge in [0.15, 0.2) is 17.7 Å². The Bertz CT molecular complexity index is 1440. The van der Waals surface area contributed by atoms with E-state index in [2.05, 4.69) is 4.99 Å². The Morgan fingerprint density at radius 2 is 1.97 bits per heavy atom. The average molecular weight is 510 g/mol. The monoisotopic (exact) mass is 510 g/mol. The molecule has 1 unspecified atom stereocenters. The molecule has 2 aliphatic heterocycles. The molecule has 3 heterocycles. The van der Waals surface area contributed by atoms with Crippen molar-refractivity contribution in [3.05, 3.63) is 99.0 Å². The largest absolute Gasteiger partial charge is 0.503 e. The molecule has 2 aromatic carbocycles. The van der Waals surface area contributed by atoms with Crippen LogP contribution in [-0.4, -0.2) is 52.3 Å². The van der Waals surface area contributed by atoms with E-state index in [9.17, 15) is 23.5 Å². The molecule has 0 aliphatic carbocycles. The number of hydrogen-bond acceptors (Lipinski definition) is 6. The van der Waals surface area contributed by atoms with Crippen LogP contribution in [0.2, 0.25) is 0 Å². The van der Waals surface area contributed by atoms with Crippen LogP contribution in [-0.2, 0) is 22.6 Å². The van der Waals surface area contributed by atoms with Crippen molar-refractivity contribution in [3.63, 3.8) is 0 Å². The molecule has 11 heteroatoms. The smallest absolute Gasteiger partial charge is 0.277 e. The van der Waals surface area contributed by atoms with Gasteiger partial charge in [-0.2, -0.15) is 0 Å². The molecule has 1 amide bonds. The van der Waals surface area contributed by atoms with E-state index in [0.29, 0.717) is 0 Å². The highest BCUT2D eigenvalue weighted by molar-refractivity contribution is 6.00. The maximum atomic E-state index is 14.0. The number of fused-ring (bicyclic) bond motifs is 2. The molecule has 9 nitrogen and oxygen atoms in total. The van der Waals surface area contributed by atoms with Crippen LogP contribution in [0.4, 0.5) is 8.78 Å². The van der Waals surface area contributed by atoms with Gasteiger partial charge in [-0.25, -0.2) is 8.78 Å². The van der Waals surface area contributed by atoms with Crippen molar-refractivity contribution in [2.75, 3.05) is 13.7 Å². The van der Waals surface area contributed by atoms with Gasteiger partial charge in [-0.05, 0) is 11.6 Å². The number of nitrogens with two attached hydrogens (primary N) is 1. The number of amides is 1. The minimum absolute atomic E-state index is 0.0768. The SMILES string of the molecule is COC[C@H]1[C@H](c2ccccc2)OC2Cn3cc(C(N)=NCc4ccc(F)cc4F)c(=O)c(O)c3C(=O)N21. The molecule has 192 valence electrons. The highest BCUT2D eigenvalue weighted by Crippen LogP contribution is 2.39. The minimum Gasteiger partial charge on any atom is -0.503 e. The molecule has 1 aromatic heterocycles. The maximum absolute atomic E-state index is 14.0. The Morgan fingerprint density at radius 1 is 1.22 bits per heavy atom. The van der Waals surface area contributed by atoms with Crippen LogP contribution in [0.3, 0.4) is 0 Å². The standard InChI is InChI=1S/C26H24F2N4O5/c1-36-13-19-24(14-5-3-2-4-6-14)37-20-12-31-11-17(22(33)23(34)21(31)26(35)32(19)20)25(29)30-10-15-7-8-16(27)9-18(15)28/h2-9,11,19-20,24,34H,10,12-13H2,1H3,(H2,29,30)/t19-,20?,24-/m0/s1. The summed E-state index contributed by atoms with van der Waals surface area (Å²) in [5.74, 6) is -3.15. The first-order valence-corrected chi connectivity index (χ1v) is 11.5. The van der Waals surface area contributed by atoms with Crippen molar-refractivity contribution in [1.29, 1.82) is 0 Å². The lowest BCUT2D eigenvalue weighted by atomic mass is 10.0. The summed E-state index contributed by atoms with van der Waals surface area (Å²) in [7, 11) is 1.52. The number of amidine groups is 1. The molecule has 0 radical (unpaired) electrons. The number of aromatic hydroxyl groups is 1. The number of rotatable bonds is 6. The second-order valence-corrected chi connectivity index (χ2v) is 8.82. The van der Waals surface area contributed by atoms with Gasteiger partial charge in [-0.1, -0.05) is 36.4 Å². The van der Waals surface area contributed by atoms with E-state index in [4.69, 9.17) is 15.2 Å². The second kappa shape index (κ2) is 9.75. The number of pyridine rings is 1. The lowest BCUT2D eigenvalue weighted by Gasteiger charge is -2.34. The number of hydrogen-bond donors (Lipinski definition) is 2. The minimum atomic E-state index is -0.887. The van der Waals surface area contributed by atoms with Gasteiger partial charge in [0.05, 0.1) is 31.3 Å². The van der Waals surface area contributed by atoms with E-state index in [-0.39, 0.29) is 42.4 Å². The Labute approximate surface area is 210 Å². The predicted octanol–water partition coefficient (Wildman–Crippen LogP) is 2.31. The molecular weight excluding hydrogens is 486 g/mol. The first-order chi connectivity index (χ1) is 17.8. The molecule has 0 bridgehead atoms. The molecule has 37 heavy (non-hydrogen) atoms. The maximum Gasteiger partial charge on any atom is 0.277 e. The van der Waals surface area contributed by atoms with E-state index in [1.54, 1.807) is 0 Å². The fraction of sp³-hybridized carbons (Fsp3) is 0.269. The average Bonchev–Trinajstić information content (AvgIpc) is 3.24. The number of benzene rings is 2. The molecule has 5 rings (SSSR count). The van der Waals surface area contributed by atoms with Gasteiger partial charge in [-0.3, -0.25) is 14.6 Å². The number of methoxy groups -OCH3 is 1. The summed E-state index contributed by atoms with van der Waals surface area (Å²) in [6.45, 7) is 0.0472. The molecule has 1 fully saturated rings. The number of aromatic nitrogens is 1. The summed E-state index contributed by atoms with van der Waals surface area (Å²) >= 11 is 0. The van der Waals surface area contributed by atoms with Gasteiger partial charge in [0, 0.05) is 24.9 Å². The first kappa shape index (κ1) is 24.6. The molecule has 3 aromatic rings. The quantitative estimate of drug-likeness (QED) is 0.388. The zero-order chi connectivity index (χ0) is 26.3. The van der Waals surface area contributed by atoms with Crippen LogP contribution in [0.5, 0.6) is 5.75 Å². The molecular formula is C26H24F2N4O5. The number of nitrogens with zero attached hydrogens (tertiary/aromatic N) is 3. The van der Waals surface area contributed by atoms with Crippen molar-refractivity contribution < 1.29 is 28.2 Å². The van der Waals surface area contributed by atoms with E-state index in [1.165, 1.54) is 28.8 Å². The van der Waals surface area contributed by atoms with E-state index in [1.807, 2.05) is 30.3 Å². The number of ether oxygens (including phenoxy) is 2. The molecule has 2 aliphatic rings. The Morgan fingerprint density at radius 3 is 2.68 bits per heavy atom. The lowest BCUT2D eigenvalue weighted by molar-refractivity contribution is -0.0154. The van der Waals surface area contributed by atoms with Gasteiger partial charge in [0.1, 0.15) is 23.6 Å². The summed E-state index contributed by atoms with van der Waals surface area (Å²) in [6.07, 6.45) is 0.166. The molecule has 1 saturated heterocycles. The highest BCUT2D eigenvalue weighted by Gasteiger charge is 2.49. The fourth-order valence-corrected chi connectivity index (χ4v) is 4.78. The van der Waals surface area contributed by atoms with Gasteiger partial charge in [0.25, 0.3) is 5.91 Å². The van der Waals surface area contributed by atoms with E-state index >= 15 is 0 Å². The van der Waals surface area contributed by atoms with Crippen molar-refractivity contribution in [1.82, 2.24) is 9.47 Å². The first-order valence-electron chi connectivity index (χ1n) is 11.5. The van der Waals surface area contributed by atoms with Crippen LogP contribution in [0.1, 0.15) is 33.3 Å². The third-order valence-electron chi connectivity index (χ3n) is 6.54. The Kier molecular flexibility index (Phi) is 6.48. The summed E-state index contributed by atoms with van der Waals surface area (Å²) in [6, 6.07) is 11.9. The summed E-state index contributed by atoms with van der Waals surface area (Å²) < 4.78 is 40.1. The summed E-state index contributed by atoms with van der Waals surface area (Å²) in [5.41, 5.74) is 5.71. The molecule has 0 spiro atoms. The number of aliphatic imine (C=N–C) groups is 1. The fourth-order valence-electron chi connectivity index (χ4n) is 4.78. The van der Waals surface area contributed by atoms with E-state index < -0.39 is 47.1 Å². The van der Waals surface area contributed by atoms with Crippen molar-refractivity contribution >= 4 is 11.7 Å². The number of halogens is 2. The van der Waals surface area contributed by atoms with Crippen molar-refractivity contribution in [2.45, 2.75) is 31.5 Å². The highest BCUT2D eigenvalue weighted by atomic mass is 19.1. The van der Waals surface area contributed by atoms with Crippen molar-refractivity contribution in [3.8, 4) is 5.75 Å². The Balaban J connectivity index is 1.49. The van der Waals surface area contributed by atoms with Gasteiger partial charge in [0.2, 0.25) is 5.43 Å². The third-order valence-corrected chi connectivity index (χ3v) is 6.54. The second-order valence-electron chi connectivity index (χ2n) is 8.82.